The fourth-order valence-electron chi connectivity index (χ4n) is 2.08. The van der Waals surface area contributed by atoms with Crippen molar-refractivity contribution in [2.45, 2.75) is 57.3 Å². The first kappa shape index (κ1) is 26.1. The fourth-order valence-corrected chi connectivity index (χ4v) is 2.08. The van der Waals surface area contributed by atoms with Gasteiger partial charge in [-0.05, 0) is 12.3 Å². The topological polar surface area (TPSA) is 222 Å². The average molecular weight is 422 g/mol. The number of carboxylic acids is 2. The van der Waals surface area contributed by atoms with Gasteiger partial charge >= 0.3 is 35.8 Å². The fraction of sp³-hybridized carbons (Fsp3) is 0.625. The molecule has 0 amide bonds. The highest BCUT2D eigenvalue weighted by atomic mass is 16.6. The molecule has 0 heterocycles. The van der Waals surface area contributed by atoms with Crippen molar-refractivity contribution < 1.29 is 63.8 Å². The smallest absolute Gasteiger partial charge is 0.346 e. The molecule has 13 heteroatoms. The number of carbonyl (C=O) groups excluding carboxylic acids is 4. The molecule has 0 aliphatic heterocycles. The first-order valence-electron chi connectivity index (χ1n) is 8.20. The zero-order chi connectivity index (χ0) is 22.9. The molecule has 0 saturated heterocycles. The third-order valence-electron chi connectivity index (χ3n) is 3.29. The Kier molecular flexibility index (Phi) is 10.1. The Morgan fingerprint density at radius 2 is 1.21 bits per heavy atom. The number of aliphatic hydroxyl groups excluding tert-OH is 2. The van der Waals surface area contributed by atoms with Gasteiger partial charge in [0.05, 0.1) is 19.3 Å². The number of ether oxygens (including phenoxy) is 2. The lowest BCUT2D eigenvalue weighted by molar-refractivity contribution is -0.183. The second-order valence-corrected chi connectivity index (χ2v) is 6.53. The van der Waals surface area contributed by atoms with E-state index in [9.17, 15) is 33.9 Å². The van der Waals surface area contributed by atoms with Crippen LogP contribution < -0.4 is 0 Å². The van der Waals surface area contributed by atoms with Gasteiger partial charge in [0.2, 0.25) is 0 Å². The number of esters is 4. The van der Waals surface area contributed by atoms with Crippen LogP contribution in [0.4, 0.5) is 0 Å². The van der Waals surface area contributed by atoms with Crippen molar-refractivity contribution in [3.8, 4) is 0 Å². The van der Waals surface area contributed by atoms with E-state index in [0.717, 1.165) is 0 Å². The summed E-state index contributed by atoms with van der Waals surface area (Å²) >= 11 is 0. The number of hydrogen-bond donors (Lipinski definition) is 5. The molecule has 0 radical (unpaired) electrons. The summed E-state index contributed by atoms with van der Waals surface area (Å²) in [6, 6.07) is 0. The molecule has 0 spiro atoms. The van der Waals surface area contributed by atoms with Crippen LogP contribution in [0.3, 0.4) is 0 Å². The molecule has 0 rings (SSSR count). The summed E-state index contributed by atoms with van der Waals surface area (Å²) in [5, 5.41) is 45.5. The van der Waals surface area contributed by atoms with Gasteiger partial charge in [0.15, 0.2) is 17.8 Å². The van der Waals surface area contributed by atoms with E-state index in [1.54, 1.807) is 0 Å². The van der Waals surface area contributed by atoms with Crippen molar-refractivity contribution >= 4 is 35.8 Å². The molecular formula is C16H22O13. The third kappa shape index (κ3) is 9.73. The number of hydrogen-bond acceptors (Lipinski definition) is 11. The number of carboxylic acid groups (broad SMARTS) is 2. The van der Waals surface area contributed by atoms with Crippen LogP contribution in [0.5, 0.6) is 0 Å². The van der Waals surface area contributed by atoms with E-state index in [4.69, 9.17) is 20.4 Å². The molecule has 0 aromatic rings. The second-order valence-electron chi connectivity index (χ2n) is 6.53. The van der Waals surface area contributed by atoms with Gasteiger partial charge in [-0.2, -0.15) is 0 Å². The predicted octanol–water partition coefficient (Wildman–Crippen LogP) is -2.04. The molecule has 5 N–H and O–H groups in total. The standard InChI is InChI=1S/C16H22O13/c1-7(2)5-16(27,15(26)29-11(20)4-9(18)14(24)25)6-12(21)28-10(19)3-8(17)13(22)23/h7-9,17-18,27H,3-6H2,1-2H3,(H,22,23)(H,24,25). The summed E-state index contributed by atoms with van der Waals surface area (Å²) in [5.74, 6) is -9.94. The van der Waals surface area contributed by atoms with Gasteiger partial charge < -0.3 is 35.0 Å². The van der Waals surface area contributed by atoms with E-state index in [1.165, 1.54) is 13.8 Å². The van der Waals surface area contributed by atoms with E-state index >= 15 is 0 Å². The van der Waals surface area contributed by atoms with Crippen LogP contribution in [0.15, 0.2) is 0 Å². The minimum Gasteiger partial charge on any atom is -0.479 e. The Hall–Kier alpha value is -2.90. The average Bonchev–Trinajstić information content (AvgIpc) is 2.52. The monoisotopic (exact) mass is 422 g/mol. The lowest BCUT2D eigenvalue weighted by atomic mass is 9.89. The molecule has 13 nitrogen and oxygen atoms in total. The van der Waals surface area contributed by atoms with Crippen LogP contribution in [0.1, 0.15) is 39.5 Å². The molecule has 3 unspecified atom stereocenters. The van der Waals surface area contributed by atoms with E-state index < -0.39 is 85.2 Å². The van der Waals surface area contributed by atoms with Crippen molar-refractivity contribution in [1.82, 2.24) is 0 Å². The maximum absolute atomic E-state index is 12.1. The summed E-state index contributed by atoms with van der Waals surface area (Å²) in [7, 11) is 0. The van der Waals surface area contributed by atoms with Crippen molar-refractivity contribution in [2.24, 2.45) is 5.92 Å². The Labute approximate surface area is 163 Å². The molecule has 29 heavy (non-hydrogen) atoms. The summed E-state index contributed by atoms with van der Waals surface area (Å²) in [5.41, 5.74) is -2.64. The SMILES string of the molecule is CC(C)CC(O)(CC(=O)OC(=O)CC(O)C(=O)O)C(=O)OC(=O)CC(O)C(=O)O. The Morgan fingerprint density at radius 1 is 0.793 bits per heavy atom. The first-order chi connectivity index (χ1) is 13.2. The number of carbonyl (C=O) groups is 6. The van der Waals surface area contributed by atoms with Crippen molar-refractivity contribution in [1.29, 1.82) is 0 Å². The normalized spacial score (nSPS) is 15.0. The van der Waals surface area contributed by atoms with Crippen LogP contribution >= 0.6 is 0 Å². The van der Waals surface area contributed by atoms with E-state index in [1.807, 2.05) is 0 Å². The van der Waals surface area contributed by atoms with E-state index in [2.05, 4.69) is 9.47 Å². The highest BCUT2D eigenvalue weighted by molar-refractivity contribution is 5.96. The van der Waals surface area contributed by atoms with Crippen molar-refractivity contribution in [3.05, 3.63) is 0 Å². The number of aliphatic carboxylic acids is 2. The molecule has 0 aliphatic carbocycles. The van der Waals surface area contributed by atoms with Crippen molar-refractivity contribution in [2.75, 3.05) is 0 Å². The highest BCUT2D eigenvalue weighted by Crippen LogP contribution is 2.24. The molecule has 0 saturated carbocycles. The van der Waals surface area contributed by atoms with E-state index in [-0.39, 0.29) is 0 Å². The number of rotatable bonds is 11. The maximum atomic E-state index is 12.1. The third-order valence-corrected chi connectivity index (χ3v) is 3.29. The zero-order valence-electron chi connectivity index (χ0n) is 15.6. The van der Waals surface area contributed by atoms with Crippen LogP contribution in [0.25, 0.3) is 0 Å². The Morgan fingerprint density at radius 3 is 1.59 bits per heavy atom. The summed E-state index contributed by atoms with van der Waals surface area (Å²) < 4.78 is 8.51. The lowest BCUT2D eigenvalue weighted by Gasteiger charge is -2.26. The van der Waals surface area contributed by atoms with Crippen molar-refractivity contribution in [3.63, 3.8) is 0 Å². The summed E-state index contributed by atoms with van der Waals surface area (Å²) in [6.07, 6.45) is -8.05. The minimum absolute atomic E-state index is 0.426. The van der Waals surface area contributed by atoms with Gasteiger partial charge in [-0.15, -0.1) is 0 Å². The van der Waals surface area contributed by atoms with Gasteiger partial charge in [0.1, 0.15) is 0 Å². The summed E-state index contributed by atoms with van der Waals surface area (Å²) in [4.78, 5) is 67.8. The van der Waals surface area contributed by atoms with Crippen LogP contribution in [0.2, 0.25) is 0 Å². The predicted molar refractivity (Wildman–Crippen MR) is 87.7 cm³/mol. The largest absolute Gasteiger partial charge is 0.479 e. The van der Waals surface area contributed by atoms with Gasteiger partial charge in [0, 0.05) is 0 Å². The van der Waals surface area contributed by atoms with Gasteiger partial charge in [-0.3, -0.25) is 14.4 Å². The van der Waals surface area contributed by atoms with Crippen LogP contribution in [-0.2, 0) is 38.2 Å². The van der Waals surface area contributed by atoms with Gasteiger partial charge in [-0.1, -0.05) is 13.8 Å². The lowest BCUT2D eigenvalue weighted by Crippen LogP contribution is -2.45. The van der Waals surface area contributed by atoms with Gasteiger partial charge in [-0.25, -0.2) is 14.4 Å². The molecular weight excluding hydrogens is 400 g/mol. The zero-order valence-corrected chi connectivity index (χ0v) is 15.6. The second kappa shape index (κ2) is 11.2. The number of aliphatic hydroxyl groups is 3. The summed E-state index contributed by atoms with van der Waals surface area (Å²) in [6.45, 7) is 3.07. The molecule has 0 aliphatic rings. The Bertz CT molecular complexity index is 668. The highest BCUT2D eigenvalue weighted by Gasteiger charge is 2.43. The first-order valence-corrected chi connectivity index (χ1v) is 8.20. The maximum Gasteiger partial charge on any atom is 0.346 e. The van der Waals surface area contributed by atoms with Crippen LogP contribution in [0, 0.1) is 5.92 Å². The molecule has 0 fully saturated rings. The minimum atomic E-state index is -2.64. The van der Waals surface area contributed by atoms with E-state index in [0.29, 0.717) is 0 Å². The molecule has 3 atom stereocenters. The van der Waals surface area contributed by atoms with Gasteiger partial charge in [0.25, 0.3) is 0 Å². The molecule has 164 valence electrons. The Balaban J connectivity index is 5.11. The molecule has 0 aromatic carbocycles. The molecule has 0 bridgehead atoms. The molecule has 0 aromatic heterocycles. The van der Waals surface area contributed by atoms with Crippen LogP contribution in [-0.4, -0.2) is 79.2 Å². The quantitative estimate of drug-likeness (QED) is 0.179.